The van der Waals surface area contributed by atoms with E-state index in [2.05, 4.69) is 5.32 Å². The van der Waals surface area contributed by atoms with Crippen LogP contribution in [0.4, 0.5) is 0 Å². The molecule has 0 aliphatic heterocycles. The van der Waals surface area contributed by atoms with E-state index in [1.807, 2.05) is 0 Å². The fourth-order valence-corrected chi connectivity index (χ4v) is 3.52. The van der Waals surface area contributed by atoms with Gasteiger partial charge in [0, 0.05) is 12.7 Å². The van der Waals surface area contributed by atoms with E-state index in [0.29, 0.717) is 5.75 Å². The maximum atomic E-state index is 12.7. The number of para-hydroxylation sites is 2. The molecule has 0 spiro atoms. The third kappa shape index (κ3) is 6.33. The van der Waals surface area contributed by atoms with Gasteiger partial charge in [0.2, 0.25) is 11.0 Å². The van der Waals surface area contributed by atoms with Gasteiger partial charge >= 0.3 is 5.97 Å². The summed E-state index contributed by atoms with van der Waals surface area (Å²) in [4.78, 5) is 36.5. The summed E-state index contributed by atoms with van der Waals surface area (Å²) in [5.74, 6) is -0.284. The van der Waals surface area contributed by atoms with Crippen LogP contribution in [0.25, 0.3) is 0 Å². The number of aliphatic hydroxyl groups is 1. The van der Waals surface area contributed by atoms with Gasteiger partial charge in [-0.3, -0.25) is 9.59 Å². The highest BCUT2D eigenvalue weighted by Gasteiger charge is 2.22. The number of rotatable bonds is 8. The van der Waals surface area contributed by atoms with Crippen molar-refractivity contribution in [3.8, 4) is 11.5 Å². The Bertz CT molecular complexity index is 883. The summed E-state index contributed by atoms with van der Waals surface area (Å²) in [6.45, 7) is 2.88. The molecular weight excluding hydrogens is 394 g/mol. The minimum Gasteiger partial charge on any atom is -0.496 e. The lowest BCUT2D eigenvalue weighted by molar-refractivity contribution is -0.120. The number of aliphatic hydroxyl groups excluding tert-OH is 1. The van der Waals surface area contributed by atoms with Crippen LogP contribution < -0.4 is 14.8 Å². The lowest BCUT2D eigenvalue weighted by Crippen LogP contribution is -2.43. The van der Waals surface area contributed by atoms with Crippen LogP contribution in [0.3, 0.4) is 0 Å². The number of hydrogen-bond donors (Lipinski definition) is 2. The number of ether oxygens (including phenoxy) is 2. The van der Waals surface area contributed by atoms with Gasteiger partial charge in [0.05, 0.1) is 24.8 Å². The molecule has 0 saturated carbocycles. The maximum Gasteiger partial charge on any atom is 0.347 e. The quantitative estimate of drug-likeness (QED) is 0.503. The minimum atomic E-state index is -0.821. The second kappa shape index (κ2) is 10.6. The van der Waals surface area contributed by atoms with E-state index in [0.717, 1.165) is 11.8 Å². The molecule has 2 rings (SSSR count). The third-order valence-electron chi connectivity index (χ3n) is 4.00. The summed E-state index contributed by atoms with van der Waals surface area (Å²) in [7, 11) is 1.45. The van der Waals surface area contributed by atoms with Gasteiger partial charge in [-0.15, -0.1) is 0 Å². The lowest BCUT2D eigenvalue weighted by atomic mass is 10.2. The number of hydrogen-bond acceptors (Lipinski definition) is 7. The average Bonchev–Trinajstić information content (AvgIpc) is 2.70. The van der Waals surface area contributed by atoms with Gasteiger partial charge in [0.25, 0.3) is 0 Å². The van der Waals surface area contributed by atoms with Crippen LogP contribution in [-0.2, 0) is 4.79 Å². The topological polar surface area (TPSA) is 102 Å². The zero-order valence-corrected chi connectivity index (χ0v) is 17.2. The van der Waals surface area contributed by atoms with Crippen LogP contribution in [0, 0.1) is 0 Å². The van der Waals surface area contributed by atoms with Gasteiger partial charge in [0.15, 0.2) is 0 Å². The summed E-state index contributed by atoms with van der Waals surface area (Å²) >= 11 is 0.923. The molecule has 0 heterocycles. The highest BCUT2D eigenvalue weighted by atomic mass is 32.2. The molecule has 7 nitrogen and oxygen atoms in total. The van der Waals surface area contributed by atoms with E-state index in [-0.39, 0.29) is 33.7 Å². The standard InChI is InChI=1S/C21H23NO6S/c1-13(23)17(22-14(2)24)12-29-21(26)16-9-5-7-11-19(16)28-20(25)15-8-4-6-10-18(15)27-3/h4-11,13,17,23H,12H2,1-3H3,(H,22,24). The Morgan fingerprint density at radius 2 is 1.62 bits per heavy atom. The van der Waals surface area contributed by atoms with Crippen molar-refractivity contribution in [1.82, 2.24) is 5.32 Å². The number of esters is 1. The van der Waals surface area contributed by atoms with Gasteiger partial charge in [-0.1, -0.05) is 36.0 Å². The number of benzene rings is 2. The highest BCUT2D eigenvalue weighted by molar-refractivity contribution is 8.14. The molecule has 2 N–H and O–H groups in total. The first-order valence-electron chi connectivity index (χ1n) is 8.90. The van der Waals surface area contributed by atoms with Crippen LogP contribution in [-0.4, -0.2) is 47.1 Å². The predicted octanol–water partition coefficient (Wildman–Crippen LogP) is 2.67. The Kier molecular flexibility index (Phi) is 8.23. The molecule has 0 aliphatic rings. The van der Waals surface area contributed by atoms with E-state index in [1.54, 1.807) is 42.5 Å². The average molecular weight is 417 g/mol. The number of amides is 1. The molecule has 2 unspecified atom stereocenters. The van der Waals surface area contributed by atoms with Crippen molar-refractivity contribution in [3.05, 3.63) is 59.7 Å². The molecule has 0 aromatic heterocycles. The zero-order chi connectivity index (χ0) is 21.4. The Morgan fingerprint density at radius 3 is 2.21 bits per heavy atom. The Balaban J connectivity index is 2.14. The summed E-state index contributed by atoms with van der Waals surface area (Å²) in [5, 5.41) is 12.0. The molecule has 154 valence electrons. The van der Waals surface area contributed by atoms with Gasteiger partial charge < -0.3 is 19.9 Å². The van der Waals surface area contributed by atoms with Crippen LogP contribution in [0.15, 0.2) is 48.5 Å². The summed E-state index contributed by atoms with van der Waals surface area (Å²) in [6.07, 6.45) is -0.821. The smallest absolute Gasteiger partial charge is 0.347 e. The van der Waals surface area contributed by atoms with Crippen LogP contribution >= 0.6 is 11.8 Å². The fraction of sp³-hybridized carbons (Fsp3) is 0.286. The molecule has 1 amide bonds. The number of nitrogens with one attached hydrogen (secondary N) is 1. The Labute approximate surface area is 173 Å². The normalized spacial score (nSPS) is 12.6. The Hall–Kier alpha value is -2.84. The van der Waals surface area contributed by atoms with Crippen LogP contribution in [0.1, 0.15) is 34.6 Å². The monoisotopic (exact) mass is 417 g/mol. The van der Waals surface area contributed by atoms with Gasteiger partial charge in [-0.05, 0) is 31.2 Å². The van der Waals surface area contributed by atoms with E-state index in [1.165, 1.54) is 27.0 Å². The molecule has 8 heteroatoms. The molecule has 0 fully saturated rings. The number of thioether (sulfide) groups is 1. The second-order valence-electron chi connectivity index (χ2n) is 6.23. The summed E-state index contributed by atoms with van der Waals surface area (Å²) in [6, 6.07) is 12.4. The molecule has 2 aromatic carbocycles. The molecule has 0 radical (unpaired) electrons. The second-order valence-corrected chi connectivity index (χ2v) is 7.22. The first-order valence-corrected chi connectivity index (χ1v) is 9.88. The molecule has 0 aliphatic carbocycles. The van der Waals surface area contributed by atoms with E-state index in [9.17, 15) is 19.5 Å². The first-order chi connectivity index (χ1) is 13.8. The molecule has 0 bridgehead atoms. The van der Waals surface area contributed by atoms with Crippen molar-refractivity contribution < 1.29 is 29.0 Å². The SMILES string of the molecule is COc1ccccc1C(=O)Oc1ccccc1C(=O)SCC(NC(C)=O)C(C)O. The van der Waals surface area contributed by atoms with E-state index in [4.69, 9.17) is 9.47 Å². The van der Waals surface area contributed by atoms with Gasteiger partial charge in [0.1, 0.15) is 17.1 Å². The molecule has 0 saturated heterocycles. The molecule has 2 aromatic rings. The summed E-state index contributed by atoms with van der Waals surface area (Å²) in [5.41, 5.74) is 0.456. The predicted molar refractivity (Wildman–Crippen MR) is 110 cm³/mol. The zero-order valence-electron chi connectivity index (χ0n) is 16.4. The maximum absolute atomic E-state index is 12.7. The van der Waals surface area contributed by atoms with Crippen molar-refractivity contribution in [3.63, 3.8) is 0 Å². The number of carbonyl (C=O) groups excluding carboxylic acids is 3. The van der Waals surface area contributed by atoms with Gasteiger partial charge in [-0.2, -0.15) is 0 Å². The van der Waals surface area contributed by atoms with Crippen molar-refractivity contribution in [2.24, 2.45) is 0 Å². The fourth-order valence-electron chi connectivity index (χ4n) is 2.50. The van der Waals surface area contributed by atoms with Crippen molar-refractivity contribution in [1.29, 1.82) is 0 Å². The van der Waals surface area contributed by atoms with Crippen molar-refractivity contribution in [2.45, 2.75) is 26.0 Å². The van der Waals surface area contributed by atoms with E-state index < -0.39 is 18.1 Å². The van der Waals surface area contributed by atoms with Crippen LogP contribution in [0.2, 0.25) is 0 Å². The highest BCUT2D eigenvalue weighted by Crippen LogP contribution is 2.26. The van der Waals surface area contributed by atoms with Crippen LogP contribution in [0.5, 0.6) is 11.5 Å². The van der Waals surface area contributed by atoms with Crippen molar-refractivity contribution in [2.75, 3.05) is 12.9 Å². The van der Waals surface area contributed by atoms with Crippen molar-refractivity contribution >= 4 is 28.8 Å². The Morgan fingerprint density at radius 1 is 1.03 bits per heavy atom. The summed E-state index contributed by atoms with van der Waals surface area (Å²) < 4.78 is 10.6. The van der Waals surface area contributed by atoms with Gasteiger partial charge in [-0.25, -0.2) is 4.79 Å². The molecule has 2 atom stereocenters. The first kappa shape index (κ1) is 22.4. The lowest BCUT2D eigenvalue weighted by Gasteiger charge is -2.20. The number of carbonyl (C=O) groups is 3. The number of methoxy groups -OCH3 is 1. The van der Waals surface area contributed by atoms with E-state index >= 15 is 0 Å². The molecule has 29 heavy (non-hydrogen) atoms. The third-order valence-corrected chi connectivity index (χ3v) is 5.01. The minimum absolute atomic E-state index is 0.119. The largest absolute Gasteiger partial charge is 0.496 e. The molecular formula is C21H23NO6S.